The van der Waals surface area contributed by atoms with Crippen LogP contribution in [0, 0.1) is 11.8 Å². The van der Waals surface area contributed by atoms with Crippen LogP contribution < -0.4 is 10.6 Å². The summed E-state index contributed by atoms with van der Waals surface area (Å²) in [7, 11) is 1.96. The van der Waals surface area contributed by atoms with Gasteiger partial charge in [0.05, 0.1) is 0 Å². The Morgan fingerprint density at radius 3 is 2.69 bits per heavy atom. The van der Waals surface area contributed by atoms with E-state index in [-0.39, 0.29) is 17.7 Å². The number of carbonyl (C=O) groups is 2. The number of anilines is 1. The summed E-state index contributed by atoms with van der Waals surface area (Å²) in [6.45, 7) is 2.57. The van der Waals surface area contributed by atoms with Crippen molar-refractivity contribution in [3.8, 4) is 0 Å². The number of likely N-dealkylation sites (tertiary alicyclic amines) is 1. The molecule has 0 aromatic heterocycles. The van der Waals surface area contributed by atoms with Gasteiger partial charge in [-0.15, -0.1) is 0 Å². The number of hydrogen-bond donors (Lipinski definition) is 2. The molecule has 0 spiro atoms. The van der Waals surface area contributed by atoms with Crippen LogP contribution in [0.5, 0.6) is 0 Å². The molecule has 1 heterocycles. The molecule has 3 rings (SSSR count). The van der Waals surface area contributed by atoms with Gasteiger partial charge in [0.1, 0.15) is 0 Å². The zero-order valence-corrected chi connectivity index (χ0v) is 15.8. The summed E-state index contributed by atoms with van der Waals surface area (Å²) in [6, 6.07) is 7.40. The topological polar surface area (TPSA) is 61.4 Å². The maximum Gasteiger partial charge on any atom is 0.253 e. The highest BCUT2D eigenvalue weighted by Gasteiger charge is 2.25. The summed E-state index contributed by atoms with van der Waals surface area (Å²) in [4.78, 5) is 27.3. The first-order valence-corrected chi connectivity index (χ1v) is 10.0. The molecule has 5 nitrogen and oxygen atoms in total. The highest BCUT2D eigenvalue weighted by atomic mass is 16.2. The molecule has 0 radical (unpaired) electrons. The fourth-order valence-corrected chi connectivity index (χ4v) is 4.23. The van der Waals surface area contributed by atoms with E-state index in [1.165, 1.54) is 12.8 Å². The maximum atomic E-state index is 12.9. The summed E-state index contributed by atoms with van der Waals surface area (Å²) < 4.78 is 0. The molecule has 1 unspecified atom stereocenters. The number of carbonyl (C=O) groups excluding carboxylic acids is 2. The Morgan fingerprint density at radius 1 is 1.12 bits per heavy atom. The van der Waals surface area contributed by atoms with Crippen molar-refractivity contribution in [2.24, 2.45) is 11.8 Å². The Labute approximate surface area is 156 Å². The predicted octanol–water partition coefficient (Wildman–Crippen LogP) is 3.28. The van der Waals surface area contributed by atoms with Crippen molar-refractivity contribution < 1.29 is 9.59 Å². The molecule has 2 fully saturated rings. The number of piperidine rings is 1. The van der Waals surface area contributed by atoms with Gasteiger partial charge in [-0.25, -0.2) is 0 Å². The van der Waals surface area contributed by atoms with Crippen LogP contribution in [-0.4, -0.2) is 43.4 Å². The lowest BCUT2D eigenvalue weighted by Crippen LogP contribution is -2.42. The van der Waals surface area contributed by atoms with Gasteiger partial charge in [0.2, 0.25) is 5.91 Å². The van der Waals surface area contributed by atoms with E-state index in [2.05, 4.69) is 10.6 Å². The number of amides is 2. The third-order valence-corrected chi connectivity index (χ3v) is 5.65. The molecule has 2 N–H and O–H groups in total. The predicted molar refractivity (Wildman–Crippen MR) is 104 cm³/mol. The van der Waals surface area contributed by atoms with Gasteiger partial charge in [0, 0.05) is 30.3 Å². The van der Waals surface area contributed by atoms with Crippen molar-refractivity contribution in [1.82, 2.24) is 10.2 Å². The fraction of sp³-hybridized carbons (Fsp3) is 0.619. The normalized spacial score (nSPS) is 21.4. The summed E-state index contributed by atoms with van der Waals surface area (Å²) in [5, 5.41) is 6.23. The summed E-state index contributed by atoms with van der Waals surface area (Å²) >= 11 is 0. The standard InChI is InChI=1S/C21H31N3O2/c1-22-14-16-7-6-12-24(15-16)21(26)18-10-5-11-19(13-18)23-20(25)17-8-3-2-4-9-17/h5,10-11,13,16-17,22H,2-4,6-9,12,14-15H2,1H3,(H,23,25). The number of hydrogen-bond acceptors (Lipinski definition) is 3. The molecule has 1 atom stereocenters. The average molecular weight is 357 g/mol. The second-order valence-electron chi connectivity index (χ2n) is 7.72. The van der Waals surface area contributed by atoms with Crippen molar-refractivity contribution in [1.29, 1.82) is 0 Å². The molecule has 142 valence electrons. The summed E-state index contributed by atoms with van der Waals surface area (Å²) in [6.07, 6.45) is 7.69. The van der Waals surface area contributed by atoms with Gasteiger partial charge in [0.15, 0.2) is 0 Å². The second kappa shape index (κ2) is 9.17. The molecule has 2 amide bonds. The Bertz CT molecular complexity index is 623. The van der Waals surface area contributed by atoms with Crippen LogP contribution in [0.4, 0.5) is 5.69 Å². The molecule has 1 aliphatic heterocycles. The zero-order chi connectivity index (χ0) is 18.4. The molecule has 1 saturated carbocycles. The minimum atomic E-state index is 0.0690. The van der Waals surface area contributed by atoms with E-state index in [4.69, 9.17) is 0 Å². The zero-order valence-electron chi connectivity index (χ0n) is 15.8. The number of nitrogens with one attached hydrogen (secondary N) is 2. The smallest absolute Gasteiger partial charge is 0.253 e. The van der Waals surface area contributed by atoms with Crippen LogP contribution in [0.3, 0.4) is 0 Å². The molecule has 26 heavy (non-hydrogen) atoms. The van der Waals surface area contributed by atoms with Crippen LogP contribution in [0.25, 0.3) is 0 Å². The van der Waals surface area contributed by atoms with Gasteiger partial charge in [-0.3, -0.25) is 9.59 Å². The maximum absolute atomic E-state index is 12.9. The van der Waals surface area contributed by atoms with Gasteiger partial charge in [0.25, 0.3) is 5.91 Å². The highest BCUT2D eigenvalue weighted by molar-refractivity contribution is 5.97. The Kier molecular flexibility index (Phi) is 6.67. The van der Waals surface area contributed by atoms with Crippen molar-refractivity contribution in [2.75, 3.05) is 32.0 Å². The Morgan fingerprint density at radius 2 is 1.92 bits per heavy atom. The van der Waals surface area contributed by atoms with E-state index in [1.54, 1.807) is 0 Å². The summed E-state index contributed by atoms with van der Waals surface area (Å²) in [5.74, 6) is 0.806. The number of rotatable bonds is 5. The van der Waals surface area contributed by atoms with Crippen molar-refractivity contribution >= 4 is 17.5 Å². The minimum Gasteiger partial charge on any atom is -0.338 e. The number of nitrogens with zero attached hydrogens (tertiary/aromatic N) is 1. The average Bonchev–Trinajstić information content (AvgIpc) is 2.69. The van der Waals surface area contributed by atoms with E-state index in [1.807, 2.05) is 36.2 Å². The fourth-order valence-electron chi connectivity index (χ4n) is 4.23. The molecule has 5 heteroatoms. The monoisotopic (exact) mass is 357 g/mol. The van der Waals surface area contributed by atoms with Crippen LogP contribution >= 0.6 is 0 Å². The van der Waals surface area contributed by atoms with Gasteiger partial charge >= 0.3 is 0 Å². The van der Waals surface area contributed by atoms with Crippen LogP contribution in [0.15, 0.2) is 24.3 Å². The van der Waals surface area contributed by atoms with E-state index >= 15 is 0 Å². The van der Waals surface area contributed by atoms with Crippen LogP contribution in [0.1, 0.15) is 55.3 Å². The lowest BCUT2D eigenvalue weighted by atomic mass is 9.88. The SMILES string of the molecule is CNCC1CCCN(C(=O)c2cccc(NC(=O)C3CCCCC3)c2)C1. The minimum absolute atomic E-state index is 0.0690. The van der Waals surface area contributed by atoms with Crippen molar-refractivity contribution in [3.05, 3.63) is 29.8 Å². The third kappa shape index (κ3) is 4.85. The third-order valence-electron chi connectivity index (χ3n) is 5.65. The van der Waals surface area contributed by atoms with Crippen LogP contribution in [-0.2, 0) is 4.79 Å². The summed E-state index contributed by atoms with van der Waals surface area (Å²) in [5.41, 5.74) is 1.40. The first kappa shape index (κ1) is 18.9. The molecule has 1 aliphatic carbocycles. The van der Waals surface area contributed by atoms with Crippen molar-refractivity contribution in [2.45, 2.75) is 44.9 Å². The molecule has 1 aromatic rings. The molecule has 1 aromatic carbocycles. The van der Waals surface area contributed by atoms with E-state index in [0.717, 1.165) is 57.4 Å². The van der Waals surface area contributed by atoms with Crippen LogP contribution in [0.2, 0.25) is 0 Å². The van der Waals surface area contributed by atoms with E-state index in [9.17, 15) is 9.59 Å². The van der Waals surface area contributed by atoms with Gasteiger partial charge < -0.3 is 15.5 Å². The molecule has 1 saturated heterocycles. The molecule has 0 bridgehead atoms. The first-order chi connectivity index (χ1) is 12.7. The lowest BCUT2D eigenvalue weighted by molar-refractivity contribution is -0.120. The van der Waals surface area contributed by atoms with Gasteiger partial charge in [-0.05, 0) is 63.4 Å². The largest absolute Gasteiger partial charge is 0.338 e. The highest BCUT2D eigenvalue weighted by Crippen LogP contribution is 2.25. The van der Waals surface area contributed by atoms with E-state index < -0.39 is 0 Å². The number of benzene rings is 1. The first-order valence-electron chi connectivity index (χ1n) is 10.0. The quantitative estimate of drug-likeness (QED) is 0.850. The second-order valence-corrected chi connectivity index (χ2v) is 7.72. The van der Waals surface area contributed by atoms with E-state index in [0.29, 0.717) is 11.5 Å². The molecule has 2 aliphatic rings. The van der Waals surface area contributed by atoms with Crippen molar-refractivity contribution in [3.63, 3.8) is 0 Å². The van der Waals surface area contributed by atoms with Gasteiger partial charge in [-0.2, -0.15) is 0 Å². The Balaban J connectivity index is 1.62. The molecular weight excluding hydrogens is 326 g/mol. The lowest BCUT2D eigenvalue weighted by Gasteiger charge is -2.32. The molecular formula is C21H31N3O2. The van der Waals surface area contributed by atoms with Gasteiger partial charge in [-0.1, -0.05) is 25.3 Å². The Hall–Kier alpha value is -1.88.